The van der Waals surface area contributed by atoms with Crippen LogP contribution < -0.4 is 5.32 Å². The first-order valence-electron chi connectivity index (χ1n) is 8.04. The zero-order valence-electron chi connectivity index (χ0n) is 14.3. The van der Waals surface area contributed by atoms with Crippen LogP contribution in [-0.4, -0.2) is 36.6 Å². The highest BCUT2D eigenvalue weighted by Crippen LogP contribution is 2.24. The van der Waals surface area contributed by atoms with E-state index in [0.717, 1.165) is 0 Å². The lowest BCUT2D eigenvalue weighted by Gasteiger charge is -2.25. The van der Waals surface area contributed by atoms with Gasteiger partial charge in [-0.05, 0) is 44.3 Å². The molecule has 1 atom stereocenters. The van der Waals surface area contributed by atoms with Crippen LogP contribution in [0.2, 0.25) is 0 Å². The molecular weight excluding hydrogens is 326 g/mol. The van der Waals surface area contributed by atoms with Crippen molar-refractivity contribution in [2.45, 2.75) is 18.9 Å². The van der Waals surface area contributed by atoms with Crippen molar-refractivity contribution in [1.29, 1.82) is 0 Å². The van der Waals surface area contributed by atoms with Gasteiger partial charge in [-0.1, -0.05) is 24.3 Å². The number of likely N-dealkylation sites (N-methyl/N-ethyl adjacent to an activating group) is 1. The molecule has 134 valence electrons. The number of carbonyl (C=O) groups excluding carboxylic acids is 1. The number of benzene rings is 2. The molecule has 1 unspecified atom stereocenters. The van der Waals surface area contributed by atoms with Crippen LogP contribution in [0.25, 0.3) is 0 Å². The van der Waals surface area contributed by atoms with Crippen LogP contribution in [0.3, 0.4) is 0 Å². The standard InChI is InChI=1S/C19H22F2N2O2/c1-23(2)16(19-14(20)7-5-8-15(19)21)12-22-18(25)11-10-13-6-3-4-9-17(13)24/h3-9,16,24H,10-12H2,1-2H3,(H,22,25). The monoisotopic (exact) mass is 348 g/mol. The number of phenolic OH excluding ortho intramolecular Hbond substituents is 1. The van der Waals surface area contributed by atoms with Crippen molar-refractivity contribution in [1.82, 2.24) is 10.2 Å². The summed E-state index contributed by atoms with van der Waals surface area (Å²) < 4.78 is 28.0. The summed E-state index contributed by atoms with van der Waals surface area (Å²) in [6.45, 7) is 0.0878. The Labute approximate surface area is 146 Å². The Balaban J connectivity index is 1.97. The maximum atomic E-state index is 14.0. The Bertz CT molecular complexity index is 715. The maximum Gasteiger partial charge on any atom is 0.220 e. The van der Waals surface area contributed by atoms with Crippen molar-refractivity contribution in [2.24, 2.45) is 0 Å². The van der Waals surface area contributed by atoms with E-state index in [1.54, 1.807) is 43.3 Å². The van der Waals surface area contributed by atoms with E-state index in [1.807, 2.05) is 0 Å². The first-order valence-corrected chi connectivity index (χ1v) is 8.04. The van der Waals surface area contributed by atoms with Gasteiger partial charge in [-0.2, -0.15) is 0 Å². The number of para-hydroxylation sites is 1. The molecule has 0 saturated heterocycles. The van der Waals surface area contributed by atoms with Crippen molar-refractivity contribution >= 4 is 5.91 Å². The number of hydrogen-bond acceptors (Lipinski definition) is 3. The highest BCUT2D eigenvalue weighted by molar-refractivity contribution is 5.76. The number of rotatable bonds is 7. The lowest BCUT2D eigenvalue weighted by atomic mass is 10.0. The number of nitrogens with one attached hydrogen (secondary N) is 1. The Morgan fingerprint density at radius 3 is 2.36 bits per heavy atom. The third kappa shape index (κ3) is 5.00. The number of aryl methyl sites for hydroxylation is 1. The van der Waals surface area contributed by atoms with Crippen LogP contribution in [0.1, 0.15) is 23.6 Å². The highest BCUT2D eigenvalue weighted by Gasteiger charge is 2.22. The van der Waals surface area contributed by atoms with Crippen LogP contribution in [0.15, 0.2) is 42.5 Å². The molecule has 0 fully saturated rings. The fourth-order valence-electron chi connectivity index (χ4n) is 2.64. The Hall–Kier alpha value is -2.47. The van der Waals surface area contributed by atoms with Gasteiger partial charge in [0.15, 0.2) is 0 Å². The van der Waals surface area contributed by atoms with Crippen LogP contribution >= 0.6 is 0 Å². The first-order chi connectivity index (χ1) is 11.9. The van der Waals surface area contributed by atoms with E-state index in [2.05, 4.69) is 5.32 Å². The lowest BCUT2D eigenvalue weighted by molar-refractivity contribution is -0.121. The van der Waals surface area contributed by atoms with Gasteiger partial charge in [-0.3, -0.25) is 4.79 Å². The molecule has 0 bridgehead atoms. The predicted molar refractivity (Wildman–Crippen MR) is 92.2 cm³/mol. The fraction of sp³-hybridized carbons (Fsp3) is 0.316. The second kappa shape index (κ2) is 8.58. The zero-order chi connectivity index (χ0) is 18.4. The van der Waals surface area contributed by atoms with Gasteiger partial charge in [0.2, 0.25) is 5.91 Å². The van der Waals surface area contributed by atoms with Crippen LogP contribution in [0.4, 0.5) is 8.78 Å². The number of aromatic hydroxyl groups is 1. The first kappa shape index (κ1) is 18.9. The molecule has 0 aliphatic heterocycles. The molecule has 0 heterocycles. The number of hydrogen-bond donors (Lipinski definition) is 2. The minimum absolute atomic E-state index is 0.0616. The summed E-state index contributed by atoms with van der Waals surface area (Å²) in [5, 5.41) is 12.4. The van der Waals surface area contributed by atoms with Crippen LogP contribution in [-0.2, 0) is 11.2 Å². The number of nitrogens with zero attached hydrogens (tertiary/aromatic N) is 1. The van der Waals surface area contributed by atoms with E-state index < -0.39 is 17.7 Å². The predicted octanol–water partition coefficient (Wildman–Crippen LogP) is 3.02. The molecular formula is C19H22F2N2O2. The normalized spacial score (nSPS) is 12.2. The van der Waals surface area contributed by atoms with Crippen LogP contribution in [0, 0.1) is 11.6 Å². The van der Waals surface area contributed by atoms with Gasteiger partial charge in [0.1, 0.15) is 17.4 Å². The molecule has 0 aliphatic carbocycles. The molecule has 0 aliphatic rings. The summed E-state index contributed by atoms with van der Waals surface area (Å²) in [6.07, 6.45) is 0.566. The molecule has 2 aromatic carbocycles. The third-order valence-corrected chi connectivity index (χ3v) is 4.06. The Morgan fingerprint density at radius 1 is 1.12 bits per heavy atom. The zero-order valence-corrected chi connectivity index (χ0v) is 14.3. The van der Waals surface area contributed by atoms with E-state index in [1.165, 1.54) is 18.2 Å². The fourth-order valence-corrected chi connectivity index (χ4v) is 2.64. The van der Waals surface area contributed by atoms with E-state index in [4.69, 9.17) is 0 Å². The number of halogens is 2. The number of phenols is 1. The van der Waals surface area contributed by atoms with Gasteiger partial charge in [-0.15, -0.1) is 0 Å². The highest BCUT2D eigenvalue weighted by atomic mass is 19.1. The van der Waals surface area contributed by atoms with Crippen molar-refractivity contribution in [2.75, 3.05) is 20.6 Å². The summed E-state index contributed by atoms with van der Waals surface area (Å²) in [5.74, 6) is -1.37. The minimum atomic E-state index is -0.637. The van der Waals surface area contributed by atoms with Gasteiger partial charge in [-0.25, -0.2) is 8.78 Å². The molecule has 25 heavy (non-hydrogen) atoms. The van der Waals surface area contributed by atoms with Gasteiger partial charge in [0.25, 0.3) is 0 Å². The Kier molecular flexibility index (Phi) is 6.47. The Morgan fingerprint density at radius 2 is 1.76 bits per heavy atom. The summed E-state index contributed by atoms with van der Waals surface area (Å²) in [7, 11) is 3.40. The van der Waals surface area contributed by atoms with Gasteiger partial charge < -0.3 is 15.3 Å². The van der Waals surface area contributed by atoms with Crippen molar-refractivity contribution in [3.8, 4) is 5.75 Å². The second-order valence-corrected chi connectivity index (χ2v) is 6.05. The van der Waals surface area contributed by atoms with Crippen molar-refractivity contribution in [3.05, 3.63) is 65.2 Å². The summed E-state index contributed by atoms with van der Waals surface area (Å²) in [4.78, 5) is 13.7. The third-order valence-electron chi connectivity index (χ3n) is 4.06. The van der Waals surface area contributed by atoms with E-state index in [9.17, 15) is 18.7 Å². The van der Waals surface area contributed by atoms with Crippen molar-refractivity contribution < 1.29 is 18.7 Å². The largest absolute Gasteiger partial charge is 0.508 e. The molecule has 2 aromatic rings. The van der Waals surface area contributed by atoms with Crippen molar-refractivity contribution in [3.63, 3.8) is 0 Å². The van der Waals surface area contributed by atoms with E-state index in [0.29, 0.717) is 12.0 Å². The SMILES string of the molecule is CN(C)C(CNC(=O)CCc1ccccc1O)c1c(F)cccc1F. The minimum Gasteiger partial charge on any atom is -0.508 e. The molecule has 0 saturated carbocycles. The van der Waals surface area contributed by atoms with E-state index in [-0.39, 0.29) is 30.2 Å². The number of carbonyl (C=O) groups is 1. The summed E-state index contributed by atoms with van der Waals surface area (Å²) in [5.41, 5.74) is 0.621. The average Bonchev–Trinajstić information content (AvgIpc) is 2.56. The average molecular weight is 348 g/mol. The molecule has 1 amide bonds. The molecule has 2 rings (SSSR count). The molecule has 0 radical (unpaired) electrons. The summed E-state index contributed by atoms with van der Waals surface area (Å²) >= 11 is 0. The smallest absolute Gasteiger partial charge is 0.220 e. The van der Waals surface area contributed by atoms with E-state index >= 15 is 0 Å². The van der Waals surface area contributed by atoms with Gasteiger partial charge in [0, 0.05) is 18.5 Å². The van der Waals surface area contributed by atoms with Crippen LogP contribution in [0.5, 0.6) is 5.75 Å². The molecule has 0 aromatic heterocycles. The molecule has 4 nitrogen and oxygen atoms in total. The van der Waals surface area contributed by atoms with Gasteiger partial charge in [0.05, 0.1) is 6.04 Å². The number of amides is 1. The topological polar surface area (TPSA) is 52.6 Å². The maximum absolute atomic E-state index is 14.0. The molecule has 0 spiro atoms. The van der Waals surface area contributed by atoms with Gasteiger partial charge >= 0.3 is 0 Å². The molecule has 2 N–H and O–H groups in total. The molecule has 6 heteroatoms. The summed E-state index contributed by atoms with van der Waals surface area (Å²) in [6, 6.07) is 9.92. The lowest BCUT2D eigenvalue weighted by Crippen LogP contribution is -2.35. The quantitative estimate of drug-likeness (QED) is 0.809. The second-order valence-electron chi connectivity index (χ2n) is 6.05.